The van der Waals surface area contributed by atoms with Gasteiger partial charge in [-0.25, -0.2) is 9.44 Å². The van der Waals surface area contributed by atoms with Crippen molar-refractivity contribution in [3.05, 3.63) is 108 Å². The largest absolute Gasteiger partial charge is 0.454 e. The minimum absolute atomic E-state index is 0.250. The van der Waals surface area contributed by atoms with Gasteiger partial charge in [-0.15, -0.1) is 0 Å². The highest BCUT2D eigenvalue weighted by Gasteiger charge is 2.14. The van der Waals surface area contributed by atoms with Crippen LogP contribution in [0.25, 0.3) is 0 Å². The monoisotopic (exact) mass is 735 g/mol. The van der Waals surface area contributed by atoms with Gasteiger partial charge in [0.2, 0.25) is 20.0 Å². The van der Waals surface area contributed by atoms with Crippen molar-refractivity contribution in [2.75, 3.05) is 58.1 Å². The van der Waals surface area contributed by atoms with Gasteiger partial charge in [-0.05, 0) is 43.2 Å². The summed E-state index contributed by atoms with van der Waals surface area (Å²) in [6.45, 7) is 7.02. The fourth-order valence-corrected chi connectivity index (χ4v) is 4.56. The molecule has 0 saturated heterocycles. The lowest BCUT2D eigenvalue weighted by atomic mass is 10.1. The molecule has 13 heteroatoms. The van der Waals surface area contributed by atoms with Crippen molar-refractivity contribution in [3.63, 3.8) is 0 Å². The molecule has 0 radical (unpaired) electrons. The van der Waals surface area contributed by atoms with E-state index in [0.29, 0.717) is 20.0 Å². The molecule has 4 aromatic rings. The van der Waals surface area contributed by atoms with Crippen molar-refractivity contribution in [3.8, 4) is 23.0 Å². The number of primary amides is 1. The number of carbonyl (C=O) groups excluding carboxylic acids is 3. The summed E-state index contributed by atoms with van der Waals surface area (Å²) in [6.07, 6.45) is 2.52. The Morgan fingerprint density at radius 3 is 1.54 bits per heavy atom. The van der Waals surface area contributed by atoms with Gasteiger partial charge >= 0.3 is 0 Å². The molecular weight excluding hydrogens is 683 g/mol. The Morgan fingerprint density at radius 2 is 1.15 bits per heavy atom. The molecule has 12 nitrogen and oxygen atoms in total. The summed E-state index contributed by atoms with van der Waals surface area (Å²) >= 11 is 1.17. The molecule has 0 bridgehead atoms. The van der Waals surface area contributed by atoms with E-state index in [9.17, 15) is 9.59 Å². The van der Waals surface area contributed by atoms with Gasteiger partial charge < -0.3 is 44.1 Å². The zero-order valence-electron chi connectivity index (χ0n) is 31.1. The van der Waals surface area contributed by atoms with Crippen molar-refractivity contribution in [1.82, 2.24) is 9.44 Å². The van der Waals surface area contributed by atoms with Gasteiger partial charge in [0.25, 0.3) is 0 Å². The number of nitrogens with two attached hydrogens (primary N) is 1. The first-order valence-corrected chi connectivity index (χ1v) is 17.4. The number of nitrogens with zero attached hydrogens (tertiary/aromatic N) is 2. The van der Waals surface area contributed by atoms with Crippen molar-refractivity contribution >= 4 is 42.5 Å². The minimum atomic E-state index is -0.258. The maximum atomic E-state index is 10.8. The molecule has 0 fully saturated rings. The van der Waals surface area contributed by atoms with Gasteiger partial charge in [-0.3, -0.25) is 4.79 Å². The molecule has 0 spiro atoms. The van der Waals surface area contributed by atoms with Crippen molar-refractivity contribution in [2.45, 2.75) is 33.2 Å². The maximum absolute atomic E-state index is 10.8. The topological polar surface area (TPSA) is 145 Å². The summed E-state index contributed by atoms with van der Waals surface area (Å²) in [5.74, 6) is 3.34. The summed E-state index contributed by atoms with van der Waals surface area (Å²) in [4.78, 5) is 33.5. The van der Waals surface area contributed by atoms with Crippen LogP contribution in [0, 0.1) is 6.92 Å². The Balaban J connectivity index is 0.000000341. The molecule has 1 unspecified atom stereocenters. The van der Waals surface area contributed by atoms with Crippen LogP contribution in [0.15, 0.2) is 97.1 Å². The summed E-state index contributed by atoms with van der Waals surface area (Å²) < 4.78 is 26.6. The van der Waals surface area contributed by atoms with E-state index in [0.717, 1.165) is 52.5 Å². The van der Waals surface area contributed by atoms with E-state index >= 15 is 0 Å². The average molecular weight is 736 g/mol. The molecule has 0 saturated carbocycles. The first-order valence-electron chi connectivity index (χ1n) is 16.6. The molecule has 4 aromatic carbocycles. The molecule has 2 aliphatic rings. The normalized spacial score (nSPS) is 11.3. The summed E-state index contributed by atoms with van der Waals surface area (Å²) in [7, 11) is 7.99. The number of hydrogen-bond acceptors (Lipinski definition) is 12. The van der Waals surface area contributed by atoms with Gasteiger partial charge in [-0.1, -0.05) is 80.1 Å². The molecule has 1 amide bonds. The smallest absolute Gasteiger partial charge is 0.231 e. The fourth-order valence-electron chi connectivity index (χ4n) is 4.04. The Kier molecular flexibility index (Phi) is 23.7. The first-order chi connectivity index (χ1) is 25.2. The number of amides is 1. The van der Waals surface area contributed by atoms with Gasteiger partial charge in [0.15, 0.2) is 23.0 Å². The number of aldehydes is 2. The number of anilines is 2. The molecule has 4 N–H and O–H groups in total. The van der Waals surface area contributed by atoms with Crippen LogP contribution >= 0.6 is 12.1 Å². The second kappa shape index (κ2) is 27.5. The SMILES string of the molecule is CC.CN(C)c1ccc2c(c1)OCO2.CN(C)c1ccc2c(c1)OCO2.Cc1ccccc1.NC=O.O=CCNSNC(C=O)Cc1ccccc1. The van der Waals surface area contributed by atoms with Crippen LogP contribution in [0.5, 0.6) is 23.0 Å². The van der Waals surface area contributed by atoms with Gasteiger partial charge in [0.05, 0.1) is 12.6 Å². The van der Waals surface area contributed by atoms with E-state index < -0.39 is 0 Å². The number of benzene rings is 4. The highest BCUT2D eigenvalue weighted by molar-refractivity contribution is 7.95. The van der Waals surface area contributed by atoms with E-state index in [1.807, 2.05) is 137 Å². The van der Waals surface area contributed by atoms with Gasteiger partial charge in [0.1, 0.15) is 12.6 Å². The molecule has 0 aromatic heterocycles. The van der Waals surface area contributed by atoms with Crippen LogP contribution in [0.3, 0.4) is 0 Å². The Hall–Kier alpha value is -5.24. The van der Waals surface area contributed by atoms with Crippen molar-refractivity contribution < 1.29 is 33.3 Å². The molecule has 1 atom stereocenters. The Labute approximate surface area is 312 Å². The number of nitrogens with one attached hydrogen (secondary N) is 2. The molecule has 282 valence electrons. The fraction of sp³-hybridized carbons (Fsp3) is 0.308. The van der Waals surface area contributed by atoms with Crippen LogP contribution in [-0.2, 0) is 20.8 Å². The van der Waals surface area contributed by atoms with Crippen LogP contribution < -0.4 is 43.9 Å². The van der Waals surface area contributed by atoms with Gasteiger partial charge in [-0.2, -0.15) is 0 Å². The first kappa shape index (κ1) is 44.8. The molecule has 0 aliphatic carbocycles. The molecule has 6 rings (SSSR count). The maximum Gasteiger partial charge on any atom is 0.231 e. The molecular formula is C39H53N5O7S. The third-order valence-electron chi connectivity index (χ3n) is 6.60. The number of carbonyl (C=O) groups is 3. The second-order valence-electron chi connectivity index (χ2n) is 10.8. The van der Waals surface area contributed by atoms with Crippen molar-refractivity contribution in [2.24, 2.45) is 5.73 Å². The predicted molar refractivity (Wildman–Crippen MR) is 211 cm³/mol. The van der Waals surface area contributed by atoms with Crippen LogP contribution in [0.2, 0.25) is 0 Å². The summed E-state index contributed by atoms with van der Waals surface area (Å²) in [5.41, 5.74) is 8.84. The average Bonchev–Trinajstić information content (AvgIpc) is 3.85. The molecule has 2 heterocycles. The van der Waals surface area contributed by atoms with Crippen LogP contribution in [0.1, 0.15) is 25.0 Å². The number of aryl methyl sites for hydroxylation is 1. The zero-order chi connectivity index (χ0) is 38.6. The Morgan fingerprint density at radius 1 is 0.712 bits per heavy atom. The summed E-state index contributed by atoms with van der Waals surface area (Å²) in [6, 6.07) is 31.6. The lowest BCUT2D eigenvalue weighted by Crippen LogP contribution is -2.30. The number of fused-ring (bicyclic) bond motifs is 2. The second-order valence-corrected chi connectivity index (χ2v) is 11.6. The lowest BCUT2D eigenvalue weighted by Gasteiger charge is -2.12. The minimum Gasteiger partial charge on any atom is -0.454 e. The highest BCUT2D eigenvalue weighted by atomic mass is 32.2. The highest BCUT2D eigenvalue weighted by Crippen LogP contribution is 2.35. The van der Waals surface area contributed by atoms with Crippen molar-refractivity contribution in [1.29, 1.82) is 0 Å². The van der Waals surface area contributed by atoms with E-state index in [-0.39, 0.29) is 19.0 Å². The van der Waals surface area contributed by atoms with Gasteiger partial charge in [0, 0.05) is 63.8 Å². The zero-order valence-corrected chi connectivity index (χ0v) is 31.9. The third kappa shape index (κ3) is 18.1. The van der Waals surface area contributed by atoms with Crippen LogP contribution in [0.4, 0.5) is 11.4 Å². The third-order valence-corrected chi connectivity index (χ3v) is 7.33. The quantitative estimate of drug-likeness (QED) is 0.103. The van der Waals surface area contributed by atoms with Crippen LogP contribution in [-0.4, -0.2) is 73.3 Å². The summed E-state index contributed by atoms with van der Waals surface area (Å²) in [5, 5.41) is 0. The standard InChI is InChI=1S/C11H14N2O2S.2C9H11NO2.C7H8.C2H6.CH3NO/c14-7-6-12-16-13-11(9-15)8-10-4-2-1-3-5-10;2*1-10(2)7-3-4-8-9(5-7)12-6-11-8;1-7-5-3-2-4-6-7;1-2;2-1-3/h1-5,7,9,11-13H,6,8H2;2*3-5H,6H2,1-2H3;2-6H,1H3;1-2H3;1H,(H2,2,3). The van der Waals surface area contributed by atoms with E-state index in [4.69, 9.17) is 23.7 Å². The Bertz CT molecular complexity index is 1490. The lowest BCUT2D eigenvalue weighted by molar-refractivity contribution is -0.109. The molecule has 52 heavy (non-hydrogen) atoms. The van der Waals surface area contributed by atoms with E-state index in [1.165, 1.54) is 17.7 Å². The number of ether oxygens (including phenoxy) is 4. The number of hydrogen-bond donors (Lipinski definition) is 3. The molecule has 2 aliphatic heterocycles. The van der Waals surface area contributed by atoms with E-state index in [1.54, 1.807) is 0 Å². The number of rotatable bonds is 10. The predicted octanol–water partition coefficient (Wildman–Crippen LogP) is 5.82. The van der Waals surface area contributed by atoms with E-state index in [2.05, 4.69) is 34.2 Å².